The van der Waals surface area contributed by atoms with Crippen LogP contribution in [-0.2, 0) is 25.1 Å². The van der Waals surface area contributed by atoms with Crippen molar-refractivity contribution in [3.05, 3.63) is 29.3 Å². The van der Waals surface area contributed by atoms with Crippen LogP contribution in [0.1, 0.15) is 28.8 Å². The van der Waals surface area contributed by atoms with Crippen LogP contribution in [0, 0.1) is 5.92 Å². The lowest BCUT2D eigenvalue weighted by Gasteiger charge is -2.08. The van der Waals surface area contributed by atoms with E-state index < -0.39 is 15.0 Å². The summed E-state index contributed by atoms with van der Waals surface area (Å²) < 4.78 is 32.9. The van der Waals surface area contributed by atoms with Gasteiger partial charge >= 0.3 is 5.97 Å². The molecule has 1 aliphatic rings. The minimum Gasteiger partial charge on any atom is -0.462 e. The van der Waals surface area contributed by atoms with Gasteiger partial charge in [-0.05, 0) is 42.5 Å². The zero-order valence-corrected chi connectivity index (χ0v) is 12.5. The highest BCUT2D eigenvalue weighted by molar-refractivity contribution is 8.13. The van der Waals surface area contributed by atoms with Crippen molar-refractivity contribution in [1.82, 2.24) is 0 Å². The quantitative estimate of drug-likeness (QED) is 0.594. The third-order valence-corrected chi connectivity index (χ3v) is 4.27. The summed E-state index contributed by atoms with van der Waals surface area (Å²) in [6.07, 6.45) is 2.14. The zero-order valence-electron chi connectivity index (χ0n) is 11.0. The Bertz CT molecular complexity index is 607. The van der Waals surface area contributed by atoms with E-state index in [2.05, 4.69) is 0 Å². The summed E-state index contributed by atoms with van der Waals surface area (Å²) in [6, 6.07) is 4.14. The number of ether oxygens (including phenoxy) is 2. The molecule has 110 valence electrons. The Balaban J connectivity index is 2.25. The van der Waals surface area contributed by atoms with Crippen molar-refractivity contribution < 1.29 is 22.7 Å². The number of carbonyl (C=O) groups excluding carboxylic acids is 1. The molecule has 0 N–H and O–H groups in total. The predicted molar refractivity (Wildman–Crippen MR) is 73.2 cm³/mol. The van der Waals surface area contributed by atoms with Crippen molar-refractivity contribution in [3.8, 4) is 0 Å². The van der Waals surface area contributed by atoms with Crippen LogP contribution in [0.15, 0.2) is 23.1 Å². The Morgan fingerprint density at radius 1 is 1.35 bits per heavy atom. The second kappa shape index (κ2) is 6.11. The molecule has 0 heterocycles. The average molecular weight is 319 g/mol. The number of methoxy groups -OCH3 is 1. The first-order valence-electron chi connectivity index (χ1n) is 6.15. The molecule has 0 bridgehead atoms. The molecule has 0 aliphatic heterocycles. The molecule has 1 aromatic rings. The number of hydrogen-bond acceptors (Lipinski definition) is 5. The van der Waals surface area contributed by atoms with E-state index in [-0.39, 0.29) is 17.1 Å². The lowest BCUT2D eigenvalue weighted by molar-refractivity contribution is 0.0485. The van der Waals surface area contributed by atoms with Crippen molar-refractivity contribution in [2.75, 3.05) is 13.7 Å². The van der Waals surface area contributed by atoms with E-state index >= 15 is 0 Å². The molecular formula is C13H15ClO5S. The smallest absolute Gasteiger partial charge is 0.338 e. The molecule has 5 nitrogen and oxygen atoms in total. The van der Waals surface area contributed by atoms with Crippen molar-refractivity contribution in [2.24, 2.45) is 5.92 Å². The first-order valence-corrected chi connectivity index (χ1v) is 8.46. The van der Waals surface area contributed by atoms with Crippen LogP contribution >= 0.6 is 10.7 Å². The summed E-state index contributed by atoms with van der Waals surface area (Å²) in [5.74, 6) is -0.103. The molecule has 0 aromatic heterocycles. The summed E-state index contributed by atoms with van der Waals surface area (Å²) in [6.45, 7) is 0.555. The number of hydrogen-bond donors (Lipinski definition) is 0. The third-order valence-electron chi connectivity index (χ3n) is 2.94. The molecule has 1 aromatic carbocycles. The van der Waals surface area contributed by atoms with Crippen LogP contribution in [0.3, 0.4) is 0 Å². The number of rotatable bonds is 6. The Kier molecular flexibility index (Phi) is 4.67. The van der Waals surface area contributed by atoms with E-state index in [4.69, 9.17) is 20.2 Å². The maximum Gasteiger partial charge on any atom is 0.338 e. The van der Waals surface area contributed by atoms with Gasteiger partial charge in [0.25, 0.3) is 9.05 Å². The van der Waals surface area contributed by atoms with Crippen LogP contribution < -0.4 is 0 Å². The number of benzene rings is 1. The number of carbonyl (C=O) groups is 1. The fourth-order valence-electron chi connectivity index (χ4n) is 1.73. The highest BCUT2D eigenvalue weighted by Gasteiger charge is 2.24. The summed E-state index contributed by atoms with van der Waals surface area (Å²) in [7, 11) is 2.89. The van der Waals surface area contributed by atoms with Gasteiger partial charge in [0.1, 0.15) is 0 Å². The maximum atomic E-state index is 11.9. The summed E-state index contributed by atoms with van der Waals surface area (Å²) in [5.41, 5.74) is 0.715. The van der Waals surface area contributed by atoms with Gasteiger partial charge in [-0.25, -0.2) is 13.2 Å². The molecule has 0 radical (unpaired) electrons. The molecule has 0 unspecified atom stereocenters. The van der Waals surface area contributed by atoms with E-state index in [0.717, 1.165) is 12.8 Å². The summed E-state index contributed by atoms with van der Waals surface area (Å²) in [4.78, 5) is 11.8. The SMILES string of the molecule is COCc1cc(C(=O)OCC2CC2)cc(S(=O)(=O)Cl)c1. The van der Waals surface area contributed by atoms with E-state index in [1.807, 2.05) is 0 Å². The lowest BCUT2D eigenvalue weighted by atomic mass is 10.1. The molecule has 0 atom stereocenters. The standard InChI is InChI=1S/C13H15ClO5S/c1-18-7-10-4-11(6-12(5-10)20(14,16)17)13(15)19-8-9-2-3-9/h4-6,9H,2-3,7-8H2,1H3. The van der Waals surface area contributed by atoms with Crippen molar-refractivity contribution >= 4 is 25.7 Å². The van der Waals surface area contributed by atoms with Crippen molar-refractivity contribution in [2.45, 2.75) is 24.3 Å². The van der Waals surface area contributed by atoms with Crippen LogP contribution in [0.25, 0.3) is 0 Å². The van der Waals surface area contributed by atoms with Gasteiger partial charge in [0, 0.05) is 17.8 Å². The van der Waals surface area contributed by atoms with Gasteiger partial charge in [0.2, 0.25) is 0 Å². The van der Waals surface area contributed by atoms with E-state index in [0.29, 0.717) is 18.1 Å². The molecule has 2 rings (SSSR count). The molecule has 0 saturated heterocycles. The van der Waals surface area contributed by atoms with Gasteiger partial charge in [-0.1, -0.05) is 0 Å². The van der Waals surface area contributed by atoms with Crippen molar-refractivity contribution in [3.63, 3.8) is 0 Å². The molecule has 0 amide bonds. The molecule has 0 spiro atoms. The fourth-order valence-corrected chi connectivity index (χ4v) is 2.56. The number of esters is 1. The maximum absolute atomic E-state index is 11.9. The third kappa shape index (κ3) is 4.19. The van der Waals surface area contributed by atoms with Gasteiger partial charge in [-0.3, -0.25) is 0 Å². The lowest BCUT2D eigenvalue weighted by Crippen LogP contribution is -2.09. The summed E-state index contributed by atoms with van der Waals surface area (Å²) in [5, 5.41) is 0. The monoisotopic (exact) mass is 318 g/mol. The van der Waals surface area contributed by atoms with E-state index in [1.54, 1.807) is 6.07 Å². The van der Waals surface area contributed by atoms with Gasteiger partial charge in [-0.15, -0.1) is 0 Å². The Morgan fingerprint density at radius 3 is 2.60 bits per heavy atom. The average Bonchev–Trinajstić information content (AvgIpc) is 3.19. The largest absolute Gasteiger partial charge is 0.462 e. The van der Waals surface area contributed by atoms with E-state index in [9.17, 15) is 13.2 Å². The minimum absolute atomic E-state index is 0.132. The summed E-state index contributed by atoms with van der Waals surface area (Å²) >= 11 is 0. The van der Waals surface area contributed by atoms with Gasteiger partial charge in [-0.2, -0.15) is 0 Å². The second-order valence-corrected chi connectivity index (χ2v) is 7.34. The first kappa shape index (κ1) is 15.3. The molecular weight excluding hydrogens is 304 g/mol. The highest BCUT2D eigenvalue weighted by Crippen LogP contribution is 2.29. The van der Waals surface area contributed by atoms with Crippen LogP contribution in [0.4, 0.5) is 0 Å². The molecule has 1 fully saturated rings. The first-order chi connectivity index (χ1) is 9.40. The normalized spacial score (nSPS) is 15.1. The fraction of sp³-hybridized carbons (Fsp3) is 0.462. The van der Waals surface area contributed by atoms with Crippen LogP contribution in [0.2, 0.25) is 0 Å². The molecule has 7 heteroatoms. The Labute approximate surface area is 122 Å². The molecule has 20 heavy (non-hydrogen) atoms. The predicted octanol–water partition coefficient (Wildman–Crippen LogP) is 2.33. The van der Waals surface area contributed by atoms with Gasteiger partial charge in [0.05, 0.1) is 23.7 Å². The Morgan fingerprint density at radius 2 is 2.05 bits per heavy atom. The molecule has 1 saturated carbocycles. The Hall–Kier alpha value is -1.11. The van der Waals surface area contributed by atoms with Gasteiger partial charge in [0.15, 0.2) is 0 Å². The zero-order chi connectivity index (χ0) is 14.8. The number of halogens is 1. The highest BCUT2D eigenvalue weighted by atomic mass is 35.7. The van der Waals surface area contributed by atoms with Crippen LogP contribution in [0.5, 0.6) is 0 Å². The second-order valence-electron chi connectivity index (χ2n) is 4.78. The van der Waals surface area contributed by atoms with E-state index in [1.165, 1.54) is 19.2 Å². The van der Waals surface area contributed by atoms with Crippen LogP contribution in [-0.4, -0.2) is 28.1 Å². The van der Waals surface area contributed by atoms with Crippen molar-refractivity contribution in [1.29, 1.82) is 0 Å². The molecule has 1 aliphatic carbocycles. The topological polar surface area (TPSA) is 69.7 Å². The minimum atomic E-state index is -3.91. The van der Waals surface area contributed by atoms with Gasteiger partial charge < -0.3 is 9.47 Å².